The molecule has 0 unspecified atom stereocenters. The second-order valence-corrected chi connectivity index (χ2v) is 6.69. The summed E-state index contributed by atoms with van der Waals surface area (Å²) in [6.07, 6.45) is 3.28. The van der Waals surface area contributed by atoms with Gasteiger partial charge in [0.05, 0.1) is 5.69 Å². The average Bonchev–Trinajstić information content (AvgIpc) is 2.64. The van der Waals surface area contributed by atoms with Crippen molar-refractivity contribution in [2.24, 2.45) is 10.8 Å². The molecule has 2 aromatic rings. The highest BCUT2D eigenvalue weighted by molar-refractivity contribution is 8.13. The van der Waals surface area contributed by atoms with Gasteiger partial charge in [0.1, 0.15) is 0 Å². The first-order valence-corrected chi connectivity index (χ1v) is 9.28. The summed E-state index contributed by atoms with van der Waals surface area (Å²) in [5.41, 5.74) is 11.2. The number of aliphatic imine (C=N–C) groups is 1. The van der Waals surface area contributed by atoms with Crippen molar-refractivity contribution in [3.63, 3.8) is 0 Å². The third-order valence-corrected chi connectivity index (χ3v) is 4.37. The number of nitrogens with two attached hydrogens (primary N) is 1. The molecule has 0 radical (unpaired) electrons. The Balaban J connectivity index is 0.000000765. The molecule has 0 fully saturated rings. The smallest absolute Gasteiger partial charge is 0.177 e. The van der Waals surface area contributed by atoms with Crippen molar-refractivity contribution in [2.45, 2.75) is 26.5 Å². The molecule has 0 aliphatic carbocycles. The molecule has 0 saturated carbocycles. The first-order chi connectivity index (χ1) is 12.5. The number of nitrogens with one attached hydrogen (secondary N) is 2. The molecule has 0 heterocycles. The summed E-state index contributed by atoms with van der Waals surface area (Å²) >= 11 is 1.61. The number of hydrazine groups is 2. The lowest BCUT2D eigenvalue weighted by Gasteiger charge is -2.10. The monoisotopic (exact) mass is 368 g/mol. The fraction of sp³-hybridized carbons (Fsp3) is 0.190. The molecule has 0 saturated heterocycles. The fourth-order valence-electron chi connectivity index (χ4n) is 1.94. The first kappa shape index (κ1) is 21.7. The normalized spacial score (nSPS) is 10.5. The molecule has 0 amide bonds. The van der Waals surface area contributed by atoms with Gasteiger partial charge >= 0.3 is 0 Å². The number of benzene rings is 2. The lowest BCUT2D eigenvalue weighted by atomic mass is 10.1. The van der Waals surface area contributed by atoms with Gasteiger partial charge in [-0.3, -0.25) is 11.3 Å². The molecule has 0 aliphatic rings. The summed E-state index contributed by atoms with van der Waals surface area (Å²) in [6.45, 7) is 12.9. The summed E-state index contributed by atoms with van der Waals surface area (Å²) in [5.74, 6) is 6.22. The summed E-state index contributed by atoms with van der Waals surface area (Å²) in [5, 5.41) is 0.747. The van der Waals surface area contributed by atoms with Crippen molar-refractivity contribution in [3.05, 3.63) is 90.0 Å². The minimum atomic E-state index is 0.747. The zero-order valence-electron chi connectivity index (χ0n) is 15.8. The van der Waals surface area contributed by atoms with E-state index >= 15 is 0 Å². The number of hydrogen-bond donors (Lipinski definition) is 3. The molecular weight excluding hydrogens is 340 g/mol. The number of nitrogens with zero attached hydrogens (tertiary/aromatic N) is 1. The Kier molecular flexibility index (Phi) is 10.1. The molecule has 0 spiro atoms. The van der Waals surface area contributed by atoms with E-state index in [2.05, 4.69) is 92.3 Å². The van der Waals surface area contributed by atoms with E-state index in [1.165, 1.54) is 16.7 Å². The van der Waals surface area contributed by atoms with Crippen LogP contribution in [0.4, 0.5) is 5.69 Å². The van der Waals surface area contributed by atoms with Gasteiger partial charge < -0.3 is 0 Å². The van der Waals surface area contributed by atoms with Gasteiger partial charge in [-0.15, -0.1) is 0 Å². The number of amidine groups is 1. The van der Waals surface area contributed by atoms with Crippen LogP contribution in [-0.2, 0) is 5.75 Å². The van der Waals surface area contributed by atoms with Gasteiger partial charge in [0.15, 0.2) is 5.17 Å². The number of thioether (sulfide) groups is 1. The van der Waals surface area contributed by atoms with E-state index in [-0.39, 0.29) is 0 Å². The molecule has 26 heavy (non-hydrogen) atoms. The minimum absolute atomic E-state index is 0.747. The van der Waals surface area contributed by atoms with E-state index in [1.807, 2.05) is 0 Å². The van der Waals surface area contributed by atoms with Crippen LogP contribution in [0.1, 0.15) is 22.3 Å². The second kappa shape index (κ2) is 12.1. The Morgan fingerprint density at radius 1 is 1.04 bits per heavy atom. The first-order valence-electron chi connectivity index (χ1n) is 8.29. The molecule has 138 valence electrons. The van der Waals surface area contributed by atoms with E-state index < -0.39 is 0 Å². The molecule has 0 bridgehead atoms. The van der Waals surface area contributed by atoms with Gasteiger partial charge in [0.25, 0.3) is 0 Å². The molecule has 0 atom stereocenters. The van der Waals surface area contributed by atoms with Crippen LogP contribution in [0.2, 0.25) is 0 Å². The van der Waals surface area contributed by atoms with Gasteiger partial charge in [-0.2, -0.15) is 5.53 Å². The summed E-state index contributed by atoms with van der Waals surface area (Å²) in [7, 11) is 0. The summed E-state index contributed by atoms with van der Waals surface area (Å²) < 4.78 is 0. The van der Waals surface area contributed by atoms with Gasteiger partial charge in [-0.05, 0) is 43.5 Å². The highest BCUT2D eigenvalue weighted by Gasteiger charge is 2.04. The predicted octanol–water partition coefficient (Wildman–Crippen LogP) is 4.86. The minimum Gasteiger partial charge on any atom is -0.287 e. The van der Waals surface area contributed by atoms with Crippen molar-refractivity contribution >= 4 is 22.6 Å². The Labute approximate surface area is 161 Å². The zero-order chi connectivity index (χ0) is 19.4. The molecule has 2 rings (SSSR count). The topological polar surface area (TPSA) is 62.4 Å². The maximum Gasteiger partial charge on any atom is 0.177 e. The van der Waals surface area contributed by atoms with Crippen molar-refractivity contribution < 1.29 is 0 Å². The van der Waals surface area contributed by atoms with Gasteiger partial charge in [-0.25, -0.2) is 4.99 Å². The van der Waals surface area contributed by atoms with Crippen LogP contribution < -0.4 is 16.8 Å². The van der Waals surface area contributed by atoms with Crippen molar-refractivity contribution in [2.75, 3.05) is 0 Å². The van der Waals surface area contributed by atoms with E-state index in [0.717, 1.165) is 22.2 Å². The zero-order valence-corrected chi connectivity index (χ0v) is 16.6. The third kappa shape index (κ3) is 8.16. The van der Waals surface area contributed by atoms with Crippen LogP contribution in [-0.4, -0.2) is 5.17 Å². The van der Waals surface area contributed by atoms with Gasteiger partial charge in [0.2, 0.25) is 0 Å². The molecule has 0 aliphatic heterocycles. The van der Waals surface area contributed by atoms with E-state index in [0.29, 0.717) is 0 Å². The van der Waals surface area contributed by atoms with Crippen LogP contribution in [0.3, 0.4) is 0 Å². The van der Waals surface area contributed by atoms with Crippen LogP contribution in [0.15, 0.2) is 72.8 Å². The third-order valence-electron chi connectivity index (χ3n) is 3.43. The number of hydrogen-bond acceptors (Lipinski definition) is 4. The lowest BCUT2D eigenvalue weighted by Crippen LogP contribution is -2.40. The number of rotatable bonds is 5. The van der Waals surface area contributed by atoms with Gasteiger partial charge in [0, 0.05) is 5.75 Å². The standard InChI is InChI=1S/C17H22N4S.C4H6/c1-12-5-8-15(9-6-12)11-22-17(20-21-18)19-16-10-13(2)4-7-14(16)3;1-3-4-2/h4-10,21H,11,18H2,1-3H3,(H,19,20);3-4H,1-2H2. The Hall–Kier alpha value is -2.34. The maximum atomic E-state index is 5.38. The quantitative estimate of drug-likeness (QED) is 0.232. The van der Waals surface area contributed by atoms with Crippen LogP contribution in [0, 0.1) is 20.8 Å². The number of allylic oxidation sites excluding steroid dienone is 2. The summed E-state index contributed by atoms with van der Waals surface area (Å²) in [6, 6.07) is 14.7. The van der Waals surface area contributed by atoms with Crippen molar-refractivity contribution in [1.82, 2.24) is 11.0 Å². The van der Waals surface area contributed by atoms with E-state index in [9.17, 15) is 0 Å². The molecule has 4 N–H and O–H groups in total. The predicted molar refractivity (Wildman–Crippen MR) is 116 cm³/mol. The van der Waals surface area contributed by atoms with E-state index in [1.54, 1.807) is 23.9 Å². The van der Waals surface area contributed by atoms with E-state index in [4.69, 9.17) is 5.84 Å². The molecule has 0 aromatic heterocycles. The Bertz CT molecular complexity index is 730. The largest absolute Gasteiger partial charge is 0.287 e. The molecule has 2 aromatic carbocycles. The highest BCUT2D eigenvalue weighted by atomic mass is 32.2. The summed E-state index contributed by atoms with van der Waals surface area (Å²) in [4.78, 5) is 4.67. The van der Waals surface area contributed by atoms with Crippen molar-refractivity contribution in [3.8, 4) is 0 Å². The molecule has 4 nitrogen and oxygen atoms in total. The van der Waals surface area contributed by atoms with Crippen molar-refractivity contribution in [1.29, 1.82) is 0 Å². The SMILES string of the molecule is C=CC=C.Cc1ccc(CSC(=Nc2cc(C)ccc2C)NNN)cc1. The Morgan fingerprint density at radius 3 is 2.23 bits per heavy atom. The fourth-order valence-corrected chi connectivity index (χ4v) is 2.73. The molecule has 5 heteroatoms. The molecular formula is C21H28N4S. The van der Waals surface area contributed by atoms with Crippen LogP contribution in [0.25, 0.3) is 0 Å². The maximum absolute atomic E-state index is 5.38. The number of aryl methyl sites for hydroxylation is 3. The average molecular weight is 369 g/mol. The highest BCUT2D eigenvalue weighted by Crippen LogP contribution is 2.22. The lowest BCUT2D eigenvalue weighted by molar-refractivity contribution is 0.703. The van der Waals surface area contributed by atoms with Crippen LogP contribution >= 0.6 is 11.8 Å². The Morgan fingerprint density at radius 2 is 1.65 bits per heavy atom. The van der Waals surface area contributed by atoms with Crippen LogP contribution in [0.5, 0.6) is 0 Å². The van der Waals surface area contributed by atoms with Gasteiger partial charge in [-0.1, -0.05) is 79.0 Å². The second-order valence-electron chi connectivity index (χ2n) is 5.72.